The third-order valence-corrected chi connectivity index (χ3v) is 4.74. The van der Waals surface area contributed by atoms with E-state index in [4.69, 9.17) is 11.0 Å². The highest BCUT2D eigenvalue weighted by Gasteiger charge is 2.00. The van der Waals surface area contributed by atoms with Gasteiger partial charge in [-0.15, -0.1) is 10.2 Å². The number of nitrogens with one attached hydrogen (secondary N) is 2. The molecule has 1 aromatic heterocycles. The van der Waals surface area contributed by atoms with Crippen LogP contribution in [0.5, 0.6) is 0 Å². The van der Waals surface area contributed by atoms with E-state index in [1.807, 2.05) is 18.2 Å². The highest BCUT2D eigenvalue weighted by atomic mass is 32.2. The number of nitrogens with zero attached hydrogens (tertiary/aromatic N) is 3. The van der Waals surface area contributed by atoms with Crippen molar-refractivity contribution in [3.05, 3.63) is 29.8 Å². The summed E-state index contributed by atoms with van der Waals surface area (Å²) >= 11 is 3.11. The molecule has 0 fully saturated rings. The Morgan fingerprint density at radius 2 is 2.18 bits per heavy atom. The molecule has 0 spiro atoms. The maximum Gasteiger partial charge on any atom is 0.203 e. The van der Waals surface area contributed by atoms with Gasteiger partial charge in [-0.25, -0.2) is 0 Å². The molecule has 0 saturated heterocycles. The molecule has 0 aliphatic heterocycles. The SMILES string of the molecule is N#Cc1cccc(NCCNCCCSc2nnc(N)s2)c1. The Hall–Kier alpha value is -1.82. The second kappa shape index (κ2) is 9.25. The second-order valence-corrected chi connectivity index (χ2v) is 6.83. The van der Waals surface area contributed by atoms with Crippen molar-refractivity contribution in [2.75, 3.05) is 36.4 Å². The fourth-order valence-corrected chi connectivity index (χ4v) is 3.40. The maximum atomic E-state index is 8.83. The topological polar surface area (TPSA) is 99.6 Å². The van der Waals surface area contributed by atoms with Gasteiger partial charge in [-0.2, -0.15) is 5.26 Å². The molecular formula is C14H18N6S2. The summed E-state index contributed by atoms with van der Waals surface area (Å²) in [5.74, 6) is 0.999. The highest BCUT2D eigenvalue weighted by Crippen LogP contribution is 2.23. The van der Waals surface area contributed by atoms with Gasteiger partial charge in [0.15, 0.2) is 4.34 Å². The molecule has 1 heterocycles. The van der Waals surface area contributed by atoms with Crippen molar-refractivity contribution in [3.8, 4) is 6.07 Å². The van der Waals surface area contributed by atoms with Crippen molar-refractivity contribution in [2.45, 2.75) is 10.8 Å². The predicted octanol–water partition coefficient (Wildman–Crippen LogP) is 2.18. The summed E-state index contributed by atoms with van der Waals surface area (Å²) in [5.41, 5.74) is 7.18. The predicted molar refractivity (Wildman–Crippen MR) is 92.2 cm³/mol. The highest BCUT2D eigenvalue weighted by molar-refractivity contribution is 8.01. The number of thioether (sulfide) groups is 1. The van der Waals surface area contributed by atoms with E-state index in [9.17, 15) is 0 Å². The number of nitrogens with two attached hydrogens (primary N) is 1. The van der Waals surface area contributed by atoms with Gasteiger partial charge < -0.3 is 16.4 Å². The number of anilines is 2. The minimum absolute atomic E-state index is 0.521. The van der Waals surface area contributed by atoms with Gasteiger partial charge in [0.25, 0.3) is 0 Å². The Morgan fingerprint density at radius 3 is 2.95 bits per heavy atom. The molecule has 0 bridgehead atoms. The average molecular weight is 334 g/mol. The van der Waals surface area contributed by atoms with Crippen LogP contribution in [0.2, 0.25) is 0 Å². The Bertz CT molecular complexity index is 622. The Labute approximate surface area is 138 Å². The molecule has 0 aliphatic carbocycles. The quantitative estimate of drug-likeness (QED) is 0.477. The summed E-state index contributed by atoms with van der Waals surface area (Å²) in [6, 6.07) is 9.63. The van der Waals surface area contributed by atoms with E-state index in [0.29, 0.717) is 10.7 Å². The van der Waals surface area contributed by atoms with Gasteiger partial charge in [0.05, 0.1) is 11.6 Å². The molecule has 0 saturated carbocycles. The van der Waals surface area contributed by atoms with Gasteiger partial charge in [0, 0.05) is 24.5 Å². The summed E-state index contributed by atoms with van der Waals surface area (Å²) in [6.07, 6.45) is 1.06. The van der Waals surface area contributed by atoms with Gasteiger partial charge in [-0.05, 0) is 31.2 Å². The van der Waals surface area contributed by atoms with Crippen molar-refractivity contribution in [3.63, 3.8) is 0 Å². The molecule has 8 heteroatoms. The number of nitrogen functional groups attached to an aromatic ring is 1. The van der Waals surface area contributed by atoms with Crippen LogP contribution in [0.15, 0.2) is 28.6 Å². The molecule has 116 valence electrons. The van der Waals surface area contributed by atoms with Crippen LogP contribution >= 0.6 is 23.1 Å². The molecule has 0 unspecified atom stereocenters. The van der Waals surface area contributed by atoms with Gasteiger partial charge in [0.1, 0.15) is 0 Å². The summed E-state index contributed by atoms with van der Waals surface area (Å²) in [4.78, 5) is 0. The fraction of sp³-hybridized carbons (Fsp3) is 0.357. The van der Waals surface area contributed by atoms with Crippen LogP contribution in [0.4, 0.5) is 10.8 Å². The molecule has 1 aromatic carbocycles. The van der Waals surface area contributed by atoms with Crippen LogP contribution < -0.4 is 16.4 Å². The first kappa shape index (κ1) is 16.5. The number of benzene rings is 1. The number of hydrogen-bond donors (Lipinski definition) is 3. The maximum absolute atomic E-state index is 8.83. The molecule has 0 amide bonds. The molecule has 2 aromatic rings. The van der Waals surface area contributed by atoms with Crippen molar-refractivity contribution in [1.82, 2.24) is 15.5 Å². The van der Waals surface area contributed by atoms with Gasteiger partial charge in [0.2, 0.25) is 5.13 Å². The molecular weight excluding hydrogens is 316 g/mol. The minimum atomic E-state index is 0.521. The van der Waals surface area contributed by atoms with E-state index in [-0.39, 0.29) is 0 Å². The summed E-state index contributed by atoms with van der Waals surface area (Å²) in [6.45, 7) is 2.67. The third kappa shape index (κ3) is 5.89. The van der Waals surface area contributed by atoms with Crippen LogP contribution in [-0.4, -0.2) is 35.6 Å². The largest absolute Gasteiger partial charge is 0.384 e. The lowest BCUT2D eigenvalue weighted by atomic mass is 10.2. The molecule has 0 atom stereocenters. The number of aromatic nitrogens is 2. The fourth-order valence-electron chi connectivity index (χ4n) is 1.75. The van der Waals surface area contributed by atoms with Crippen molar-refractivity contribution in [1.29, 1.82) is 5.26 Å². The van der Waals surface area contributed by atoms with Gasteiger partial charge in [-0.1, -0.05) is 29.2 Å². The first-order valence-electron chi connectivity index (χ1n) is 6.94. The van der Waals surface area contributed by atoms with E-state index in [2.05, 4.69) is 26.9 Å². The lowest BCUT2D eigenvalue weighted by Gasteiger charge is -2.07. The Balaban J connectivity index is 1.50. The van der Waals surface area contributed by atoms with Gasteiger partial charge in [-0.3, -0.25) is 0 Å². The molecule has 22 heavy (non-hydrogen) atoms. The van der Waals surface area contributed by atoms with E-state index in [1.54, 1.807) is 17.8 Å². The number of hydrogen-bond acceptors (Lipinski definition) is 8. The van der Waals surface area contributed by atoms with Crippen LogP contribution in [0.3, 0.4) is 0 Å². The minimum Gasteiger partial charge on any atom is -0.384 e. The smallest absolute Gasteiger partial charge is 0.203 e. The lowest BCUT2D eigenvalue weighted by molar-refractivity contribution is 0.691. The van der Waals surface area contributed by atoms with E-state index in [0.717, 1.165) is 41.8 Å². The van der Waals surface area contributed by atoms with Crippen LogP contribution in [-0.2, 0) is 0 Å². The molecule has 2 rings (SSSR count). The van der Waals surface area contributed by atoms with Crippen molar-refractivity contribution < 1.29 is 0 Å². The van der Waals surface area contributed by atoms with E-state index in [1.165, 1.54) is 11.3 Å². The normalized spacial score (nSPS) is 10.3. The summed E-state index contributed by atoms with van der Waals surface area (Å²) in [7, 11) is 0. The summed E-state index contributed by atoms with van der Waals surface area (Å²) < 4.78 is 0.927. The lowest BCUT2D eigenvalue weighted by Crippen LogP contribution is -2.23. The second-order valence-electron chi connectivity index (χ2n) is 4.48. The number of rotatable bonds is 9. The van der Waals surface area contributed by atoms with Crippen LogP contribution in [0.25, 0.3) is 0 Å². The molecule has 6 nitrogen and oxygen atoms in total. The average Bonchev–Trinajstić information content (AvgIpc) is 2.95. The monoisotopic (exact) mass is 334 g/mol. The first-order valence-corrected chi connectivity index (χ1v) is 8.74. The van der Waals surface area contributed by atoms with Crippen molar-refractivity contribution in [2.24, 2.45) is 0 Å². The molecule has 0 aliphatic rings. The molecule has 0 radical (unpaired) electrons. The van der Waals surface area contributed by atoms with Crippen molar-refractivity contribution >= 4 is 33.9 Å². The molecule has 4 N–H and O–H groups in total. The van der Waals surface area contributed by atoms with Gasteiger partial charge >= 0.3 is 0 Å². The third-order valence-electron chi connectivity index (χ3n) is 2.77. The first-order chi connectivity index (χ1) is 10.8. The summed E-state index contributed by atoms with van der Waals surface area (Å²) in [5, 5.41) is 23.8. The zero-order valence-electron chi connectivity index (χ0n) is 12.1. The van der Waals surface area contributed by atoms with Crippen LogP contribution in [0.1, 0.15) is 12.0 Å². The van der Waals surface area contributed by atoms with Crippen LogP contribution in [0, 0.1) is 11.3 Å². The zero-order chi connectivity index (χ0) is 15.6. The Kier molecular flexibility index (Phi) is 6.96. The van der Waals surface area contributed by atoms with E-state index >= 15 is 0 Å². The Morgan fingerprint density at radius 1 is 1.27 bits per heavy atom. The van der Waals surface area contributed by atoms with E-state index < -0.39 is 0 Å². The zero-order valence-corrected chi connectivity index (χ0v) is 13.7. The number of nitriles is 1. The standard InChI is InChI=1S/C14H18N6S2/c15-10-11-3-1-4-12(9-11)18-7-6-17-5-2-8-21-14-20-19-13(16)22-14/h1,3-4,9,17-18H,2,5-8H2,(H2,16,19).